The van der Waals surface area contributed by atoms with Gasteiger partial charge < -0.3 is 4.90 Å². The molecule has 1 aliphatic carbocycles. The standard InChI is InChI=1S/C13H24ClNO/c1-11(2)10-13(16)15(9-8-14)12-6-4-3-5-7-12/h11-12H,3-10H2,1-2H3. The van der Waals surface area contributed by atoms with Gasteiger partial charge in [0, 0.05) is 24.9 Å². The molecule has 1 rings (SSSR count). The van der Waals surface area contributed by atoms with Gasteiger partial charge in [-0.3, -0.25) is 4.79 Å². The van der Waals surface area contributed by atoms with Crippen LogP contribution in [0.1, 0.15) is 52.4 Å². The van der Waals surface area contributed by atoms with E-state index in [1.165, 1.54) is 32.1 Å². The quantitative estimate of drug-likeness (QED) is 0.680. The molecule has 0 bridgehead atoms. The summed E-state index contributed by atoms with van der Waals surface area (Å²) < 4.78 is 0. The fourth-order valence-electron chi connectivity index (χ4n) is 2.46. The first-order valence-corrected chi connectivity index (χ1v) is 7.04. The van der Waals surface area contributed by atoms with Gasteiger partial charge in [-0.25, -0.2) is 0 Å². The maximum Gasteiger partial charge on any atom is 0.223 e. The molecule has 1 saturated carbocycles. The number of nitrogens with zero attached hydrogens (tertiary/aromatic N) is 1. The molecule has 3 heteroatoms. The average molecular weight is 246 g/mol. The van der Waals surface area contributed by atoms with E-state index in [0.29, 0.717) is 30.2 Å². The van der Waals surface area contributed by atoms with Crippen LogP contribution in [0, 0.1) is 5.92 Å². The van der Waals surface area contributed by atoms with E-state index in [-0.39, 0.29) is 0 Å². The number of alkyl halides is 1. The summed E-state index contributed by atoms with van der Waals surface area (Å²) in [6.45, 7) is 4.91. The molecule has 1 amide bonds. The molecular formula is C13H24ClNO. The molecule has 0 aromatic carbocycles. The molecular weight excluding hydrogens is 222 g/mol. The molecule has 0 N–H and O–H groups in total. The lowest BCUT2D eigenvalue weighted by Crippen LogP contribution is -2.43. The van der Waals surface area contributed by atoms with E-state index in [0.717, 1.165) is 6.54 Å². The molecule has 0 radical (unpaired) electrons. The number of carbonyl (C=O) groups excluding carboxylic acids is 1. The molecule has 0 aliphatic heterocycles. The SMILES string of the molecule is CC(C)CC(=O)N(CCCl)C1CCCCC1. The minimum absolute atomic E-state index is 0.294. The van der Waals surface area contributed by atoms with E-state index in [9.17, 15) is 4.79 Å². The lowest BCUT2D eigenvalue weighted by Gasteiger charge is -2.34. The van der Waals surface area contributed by atoms with Crippen molar-refractivity contribution in [2.45, 2.75) is 58.4 Å². The van der Waals surface area contributed by atoms with Crippen molar-refractivity contribution in [3.05, 3.63) is 0 Å². The number of carbonyl (C=O) groups is 1. The summed E-state index contributed by atoms with van der Waals surface area (Å²) in [6.07, 6.45) is 6.84. The van der Waals surface area contributed by atoms with Gasteiger partial charge in [0.25, 0.3) is 0 Å². The summed E-state index contributed by atoms with van der Waals surface area (Å²) in [5, 5.41) is 0. The van der Waals surface area contributed by atoms with Crippen LogP contribution in [0.25, 0.3) is 0 Å². The molecule has 0 spiro atoms. The molecule has 0 aromatic rings. The minimum atomic E-state index is 0.294. The monoisotopic (exact) mass is 245 g/mol. The van der Waals surface area contributed by atoms with Crippen LogP contribution in [0.3, 0.4) is 0 Å². The molecule has 1 fully saturated rings. The zero-order valence-electron chi connectivity index (χ0n) is 10.5. The third-order valence-electron chi connectivity index (χ3n) is 3.24. The van der Waals surface area contributed by atoms with Crippen molar-refractivity contribution in [1.29, 1.82) is 0 Å². The molecule has 0 aromatic heterocycles. The fourth-order valence-corrected chi connectivity index (χ4v) is 2.64. The van der Waals surface area contributed by atoms with Crippen molar-refractivity contribution in [1.82, 2.24) is 4.90 Å². The Hall–Kier alpha value is -0.240. The number of hydrogen-bond acceptors (Lipinski definition) is 1. The Labute approximate surface area is 104 Å². The topological polar surface area (TPSA) is 20.3 Å². The predicted octanol–water partition coefficient (Wildman–Crippen LogP) is 3.43. The van der Waals surface area contributed by atoms with E-state index in [1.807, 2.05) is 4.90 Å². The van der Waals surface area contributed by atoms with Crippen LogP contribution >= 0.6 is 11.6 Å². The molecule has 0 unspecified atom stereocenters. The van der Waals surface area contributed by atoms with Crippen LogP contribution in [-0.4, -0.2) is 29.3 Å². The number of hydrogen-bond donors (Lipinski definition) is 0. The Kier molecular flexibility index (Phi) is 6.18. The van der Waals surface area contributed by atoms with Gasteiger partial charge in [0.2, 0.25) is 5.91 Å². The van der Waals surface area contributed by atoms with Gasteiger partial charge >= 0.3 is 0 Å². The second-order valence-corrected chi connectivity index (χ2v) is 5.54. The van der Waals surface area contributed by atoms with Crippen LogP contribution in [0.4, 0.5) is 0 Å². The van der Waals surface area contributed by atoms with Crippen molar-refractivity contribution >= 4 is 17.5 Å². The molecule has 1 aliphatic rings. The van der Waals surface area contributed by atoms with Crippen molar-refractivity contribution in [2.24, 2.45) is 5.92 Å². The Balaban J connectivity index is 2.53. The van der Waals surface area contributed by atoms with Crippen molar-refractivity contribution in [3.63, 3.8) is 0 Å². The second kappa shape index (κ2) is 7.16. The zero-order chi connectivity index (χ0) is 12.0. The first kappa shape index (κ1) is 13.8. The highest BCUT2D eigenvalue weighted by Gasteiger charge is 2.24. The van der Waals surface area contributed by atoms with Crippen LogP contribution in [0.5, 0.6) is 0 Å². The molecule has 94 valence electrons. The van der Waals surface area contributed by atoms with E-state index >= 15 is 0 Å². The minimum Gasteiger partial charge on any atom is -0.339 e. The van der Waals surface area contributed by atoms with Crippen molar-refractivity contribution in [2.75, 3.05) is 12.4 Å². The maximum atomic E-state index is 12.1. The van der Waals surface area contributed by atoms with E-state index in [1.54, 1.807) is 0 Å². The summed E-state index contributed by atoms with van der Waals surface area (Å²) in [7, 11) is 0. The summed E-state index contributed by atoms with van der Waals surface area (Å²) in [5.41, 5.74) is 0. The van der Waals surface area contributed by atoms with E-state index in [2.05, 4.69) is 13.8 Å². The Morgan fingerprint density at radius 1 is 1.31 bits per heavy atom. The van der Waals surface area contributed by atoms with Crippen LogP contribution < -0.4 is 0 Å². The smallest absolute Gasteiger partial charge is 0.223 e. The van der Waals surface area contributed by atoms with Crippen molar-refractivity contribution < 1.29 is 4.79 Å². The number of rotatable bonds is 5. The van der Waals surface area contributed by atoms with E-state index in [4.69, 9.17) is 11.6 Å². The largest absolute Gasteiger partial charge is 0.339 e. The fraction of sp³-hybridized carbons (Fsp3) is 0.923. The van der Waals surface area contributed by atoms with Gasteiger partial charge in [0.1, 0.15) is 0 Å². The third-order valence-corrected chi connectivity index (χ3v) is 3.41. The zero-order valence-corrected chi connectivity index (χ0v) is 11.3. The molecule has 2 nitrogen and oxygen atoms in total. The maximum absolute atomic E-state index is 12.1. The van der Waals surface area contributed by atoms with Gasteiger partial charge in [-0.2, -0.15) is 0 Å². The molecule has 0 atom stereocenters. The number of halogens is 1. The first-order chi connectivity index (χ1) is 7.65. The average Bonchev–Trinajstić information content (AvgIpc) is 2.26. The Morgan fingerprint density at radius 2 is 1.94 bits per heavy atom. The summed E-state index contributed by atoms with van der Waals surface area (Å²) in [6, 6.07) is 0.457. The number of amides is 1. The lowest BCUT2D eigenvalue weighted by atomic mass is 9.93. The van der Waals surface area contributed by atoms with Gasteiger partial charge in [-0.1, -0.05) is 33.1 Å². The first-order valence-electron chi connectivity index (χ1n) is 6.50. The summed E-state index contributed by atoms with van der Waals surface area (Å²) >= 11 is 5.80. The molecule has 16 heavy (non-hydrogen) atoms. The van der Waals surface area contributed by atoms with Crippen LogP contribution in [0.15, 0.2) is 0 Å². The lowest BCUT2D eigenvalue weighted by molar-refractivity contribution is -0.134. The Bertz CT molecular complexity index is 212. The van der Waals surface area contributed by atoms with Gasteiger partial charge in [0.15, 0.2) is 0 Å². The highest BCUT2D eigenvalue weighted by molar-refractivity contribution is 6.18. The van der Waals surface area contributed by atoms with E-state index < -0.39 is 0 Å². The van der Waals surface area contributed by atoms with Crippen molar-refractivity contribution in [3.8, 4) is 0 Å². The van der Waals surface area contributed by atoms with Crippen LogP contribution in [-0.2, 0) is 4.79 Å². The van der Waals surface area contributed by atoms with Gasteiger partial charge in [0.05, 0.1) is 0 Å². The second-order valence-electron chi connectivity index (χ2n) is 5.17. The van der Waals surface area contributed by atoms with Gasteiger partial charge in [-0.15, -0.1) is 11.6 Å². The van der Waals surface area contributed by atoms with Gasteiger partial charge in [-0.05, 0) is 18.8 Å². The third kappa shape index (κ3) is 4.32. The normalized spacial score (nSPS) is 17.8. The highest BCUT2D eigenvalue weighted by Crippen LogP contribution is 2.23. The predicted molar refractivity (Wildman–Crippen MR) is 68.8 cm³/mol. The summed E-state index contributed by atoms with van der Waals surface area (Å²) in [4.78, 5) is 14.1. The molecule has 0 heterocycles. The molecule has 0 saturated heterocycles. The summed E-state index contributed by atoms with van der Waals surface area (Å²) in [5.74, 6) is 1.29. The highest BCUT2D eigenvalue weighted by atomic mass is 35.5. The Morgan fingerprint density at radius 3 is 2.44 bits per heavy atom. The van der Waals surface area contributed by atoms with Crippen LogP contribution in [0.2, 0.25) is 0 Å².